The fourth-order valence-corrected chi connectivity index (χ4v) is 23.8. The molecule has 0 saturated carbocycles. The molecule has 0 radical (unpaired) electrons. The summed E-state index contributed by atoms with van der Waals surface area (Å²) in [6.07, 6.45) is 33.6. The molecular weight excluding hydrogens is 1730 g/mol. The molecule has 8 N–H and O–H groups in total. The van der Waals surface area contributed by atoms with Crippen LogP contribution in [0.4, 0.5) is 13.2 Å². The number of carbonyl (C=O) groups is 4. The molecule has 4 aromatic carbocycles. The number of ketones is 4. The molecule has 738 valence electrons. The lowest BCUT2D eigenvalue weighted by Gasteiger charge is -2.58. The van der Waals surface area contributed by atoms with E-state index in [1.54, 1.807) is 52.5 Å². The van der Waals surface area contributed by atoms with Gasteiger partial charge < -0.3 is 54.7 Å². The molecule has 6 aliphatic heterocycles. The lowest BCUT2D eigenvalue weighted by molar-refractivity contribution is -0.206. The van der Waals surface area contributed by atoms with Crippen LogP contribution >= 0.6 is 0 Å². The highest BCUT2D eigenvalue weighted by molar-refractivity contribution is 5.97. The minimum absolute atomic E-state index is 0.00111. The molecule has 4 bridgehead atoms. The molecule has 4 atom stereocenters. The summed E-state index contributed by atoms with van der Waals surface area (Å²) in [6.45, 7) is 41.2. The number of hydrogen-bond donors (Lipinski definition) is 8. The number of allylic oxidation sites excluding steroid dienone is 8. The Morgan fingerprint density at radius 1 is 0.401 bits per heavy atom. The monoisotopic (exact) mass is 1880 g/mol. The van der Waals surface area contributed by atoms with Gasteiger partial charge in [-0.1, -0.05) is 135 Å². The van der Waals surface area contributed by atoms with E-state index in [-0.39, 0.29) is 71.2 Å². The number of nitrogens with zero attached hydrogens (tertiary/aromatic N) is 6. The van der Waals surface area contributed by atoms with E-state index in [1.807, 2.05) is 70.2 Å². The smallest absolute Gasteiger partial charge is 0.385 e. The molecule has 4 unspecified atom stereocenters. The van der Waals surface area contributed by atoms with E-state index in [4.69, 9.17) is 9.47 Å². The number of imidazole rings is 4. The quantitative estimate of drug-likeness (QED) is 0.0293. The molecule has 23 heteroatoms. The Bertz CT molecular complexity index is 5880. The zero-order chi connectivity index (χ0) is 98.8. The third kappa shape index (κ3) is 24.2. The van der Waals surface area contributed by atoms with Crippen molar-refractivity contribution in [1.82, 2.24) is 49.7 Å². The van der Waals surface area contributed by atoms with E-state index in [1.165, 1.54) is 21.6 Å². The molecule has 10 heterocycles. The van der Waals surface area contributed by atoms with Crippen LogP contribution in [0.3, 0.4) is 0 Å². The van der Waals surface area contributed by atoms with E-state index in [0.29, 0.717) is 90.1 Å². The van der Waals surface area contributed by atoms with Crippen molar-refractivity contribution < 1.29 is 62.2 Å². The van der Waals surface area contributed by atoms with Crippen molar-refractivity contribution in [2.45, 2.75) is 374 Å². The van der Waals surface area contributed by atoms with Crippen LogP contribution in [0.15, 0.2) is 122 Å². The minimum Gasteiger partial charge on any atom is -0.385 e. The normalized spacial score (nSPS) is 26.1. The Morgan fingerprint density at radius 3 is 0.949 bits per heavy atom. The number of piperidine rings is 2. The molecule has 0 spiro atoms. The van der Waals surface area contributed by atoms with E-state index >= 15 is 0 Å². The number of rotatable bonds is 22. The van der Waals surface area contributed by atoms with Gasteiger partial charge in [0.15, 0.2) is 23.3 Å². The molecule has 0 amide bonds. The number of alkyl halides is 3. The zero-order valence-electron chi connectivity index (χ0n) is 84.9. The van der Waals surface area contributed by atoms with Crippen molar-refractivity contribution in [3.05, 3.63) is 235 Å². The maximum absolute atomic E-state index is 13.5. The number of H-pyrrole nitrogens is 4. The molecule has 10 aliphatic rings. The largest absolute Gasteiger partial charge is 0.401 e. The Kier molecular flexibility index (Phi) is 29.1. The van der Waals surface area contributed by atoms with Crippen molar-refractivity contribution in [2.24, 2.45) is 21.7 Å². The fourth-order valence-electron chi connectivity index (χ4n) is 23.8. The van der Waals surface area contributed by atoms with Gasteiger partial charge in [-0.2, -0.15) is 13.2 Å². The van der Waals surface area contributed by atoms with Crippen LogP contribution in [0.1, 0.15) is 390 Å². The van der Waals surface area contributed by atoms with Crippen molar-refractivity contribution in [3.63, 3.8) is 0 Å². The van der Waals surface area contributed by atoms with Gasteiger partial charge in [0, 0.05) is 123 Å². The van der Waals surface area contributed by atoms with Gasteiger partial charge in [0.1, 0.15) is 0 Å². The molecule has 20 nitrogen and oxygen atoms in total. The van der Waals surface area contributed by atoms with Gasteiger partial charge in [0.2, 0.25) is 23.1 Å². The van der Waals surface area contributed by atoms with Crippen molar-refractivity contribution in [2.75, 3.05) is 26.2 Å². The first-order valence-corrected chi connectivity index (χ1v) is 50.4. The van der Waals surface area contributed by atoms with Crippen LogP contribution in [0.25, 0.3) is 22.3 Å². The number of benzene rings is 4. The van der Waals surface area contributed by atoms with E-state index < -0.39 is 46.2 Å². The van der Waals surface area contributed by atoms with Crippen LogP contribution in [0, 0.1) is 49.4 Å². The summed E-state index contributed by atoms with van der Waals surface area (Å²) in [5.41, 5.74) is 15.1. The number of aliphatic hydroxyl groups is 4. The predicted octanol–water partition coefficient (Wildman–Crippen LogP) is 23.5. The minimum atomic E-state index is -4.33. The molecule has 8 aromatic rings. The van der Waals surface area contributed by atoms with Crippen molar-refractivity contribution in [1.29, 1.82) is 0 Å². The average Bonchev–Trinajstić information content (AvgIpc) is 1.72. The summed E-state index contributed by atoms with van der Waals surface area (Å²) < 4.78 is 52.8. The van der Waals surface area contributed by atoms with Crippen LogP contribution < -0.4 is 0 Å². The summed E-state index contributed by atoms with van der Waals surface area (Å²) in [7, 11) is 0. The second-order valence-corrected chi connectivity index (χ2v) is 47.4. The first-order chi connectivity index (χ1) is 64.1. The second kappa shape index (κ2) is 39.0. The molecular formula is C114H151F3N10O10. The maximum atomic E-state index is 13.5. The SMILES string of the molecule is CCN1CCC(O)(c2ccc(CC(=O)c3ncc(C)[nH]3)c(C3=CCC(C)(C)CC3)c2)CC1.Cc1cnc(C(=O)Cc2ccc(C3(O)CC(C)(C)N(CC(F)(F)F)C(C)(C)C3)cc2C2=CCC(C)(C)CC2)[nH]1.Cc1cnc(C(=O)Cc2ccc(C3(O)CC4(C)CCC(C)(C3)O4)cc2C2=CCC(C)(C)CC2)[nH]1.Cc1cnc(C(=O)Cc2ccc(C3(O)CC4CCC(C3)O4)cc2C2=CCC(C)(C)CC2)[nH]1. The highest BCUT2D eigenvalue weighted by Gasteiger charge is 2.58. The lowest BCUT2D eigenvalue weighted by atomic mass is 9.67. The highest BCUT2D eigenvalue weighted by atomic mass is 19.4. The molecule has 18 rings (SSSR count). The van der Waals surface area contributed by atoms with Gasteiger partial charge in [-0.3, -0.25) is 24.1 Å². The first-order valence-electron chi connectivity index (χ1n) is 50.4. The summed E-state index contributed by atoms with van der Waals surface area (Å²) >= 11 is 0. The Morgan fingerprint density at radius 2 is 0.686 bits per heavy atom. The van der Waals surface area contributed by atoms with E-state index in [9.17, 15) is 52.8 Å². The number of fused-ring (bicyclic) bond motifs is 4. The number of carbonyl (C=O) groups excluding carboxylic acids is 4. The van der Waals surface area contributed by atoms with E-state index in [0.717, 1.165) is 225 Å². The molecule has 4 aliphatic carbocycles. The van der Waals surface area contributed by atoms with Gasteiger partial charge in [0.05, 0.1) is 52.4 Å². The molecule has 6 fully saturated rings. The van der Waals surface area contributed by atoms with Crippen LogP contribution in [-0.4, -0.2) is 160 Å². The van der Waals surface area contributed by atoms with Crippen LogP contribution in [0.5, 0.6) is 0 Å². The number of likely N-dealkylation sites (tertiary alicyclic amines) is 2. The molecule has 137 heavy (non-hydrogen) atoms. The summed E-state index contributed by atoms with van der Waals surface area (Å²) in [6, 6.07) is 24.5. The van der Waals surface area contributed by atoms with Gasteiger partial charge in [0.25, 0.3) is 0 Å². The van der Waals surface area contributed by atoms with Gasteiger partial charge in [-0.05, 0) is 339 Å². The lowest BCUT2D eigenvalue weighted by Crippen LogP contribution is -2.66. The number of aryl methyl sites for hydroxylation is 4. The predicted molar refractivity (Wildman–Crippen MR) is 534 cm³/mol. The number of nitrogens with one attached hydrogen (secondary N) is 4. The van der Waals surface area contributed by atoms with E-state index in [2.05, 4.69) is 176 Å². The topological polar surface area (TPSA) is 289 Å². The third-order valence-corrected chi connectivity index (χ3v) is 31.8. The maximum Gasteiger partial charge on any atom is 0.401 e. The van der Waals surface area contributed by atoms with Gasteiger partial charge in [-0.15, -0.1) is 0 Å². The van der Waals surface area contributed by atoms with Gasteiger partial charge >= 0.3 is 6.18 Å². The number of hydrogen-bond acceptors (Lipinski definition) is 16. The Hall–Kier alpha value is -9.17. The van der Waals surface area contributed by atoms with Crippen molar-refractivity contribution >= 4 is 45.4 Å². The van der Waals surface area contributed by atoms with Gasteiger partial charge in [-0.25, -0.2) is 19.9 Å². The first kappa shape index (κ1) is 102. The molecule has 6 saturated heterocycles. The van der Waals surface area contributed by atoms with Crippen molar-refractivity contribution in [3.8, 4) is 0 Å². The number of aromatic nitrogens is 8. The second-order valence-electron chi connectivity index (χ2n) is 47.4. The highest BCUT2D eigenvalue weighted by Crippen LogP contribution is 2.57. The summed E-state index contributed by atoms with van der Waals surface area (Å²) in [4.78, 5) is 84.9. The number of halogens is 3. The van der Waals surface area contributed by atoms with Crippen LogP contribution in [0.2, 0.25) is 0 Å². The number of Topliss-reactive ketones (excluding diaryl/α,β-unsaturated/α-hetero) is 4. The average molecular weight is 1880 g/mol. The number of aromatic amines is 4. The third-order valence-electron chi connectivity index (χ3n) is 31.8. The Labute approximate surface area is 809 Å². The fraction of sp³-hybridized carbons (Fsp3) is 0.579. The molecule has 4 aromatic heterocycles. The number of ether oxygens (including phenoxy) is 2. The Balaban J connectivity index is 0.000000139. The standard InChI is InChI=1S/C31H42F3N3O2.C29H38N2O3.C27H37N3O2.C27H34N2O3/c1-20-16-35-26(36-20)25(38)14-22-8-9-23(15-24(22)21-10-12-27(2,3)13-11-21)30(39)17-28(4,5)37(19-31(32,33)34)29(6,7)18-30;1-19-16-30-25(31-19)24(32)14-21-6-7-22(15-23(21)20-8-10-26(2,3)11-9-20)29(33)17-27(4)12-13-28(5,18-29)34-27;1-5-30-14-12-27(32,13-15-30)22-7-6-21(16-24(31)25-28-18-19(2)29-25)23(17-22)20-8-10-26(3,4)11-9-20;1-17-16-28-25(29-17)24(30)12-19-4-5-20(27(31)14-21-6-7-22(15-27)32-21)13-23(19)18-8-10-26(2,3)11-9-18/h8-10,15-16,39H,11-14,17-19H2,1-7H3,(H,35,36);6-8,15-16,33H,9-14,17-18H2,1-5H3,(H,30,31);6-8,17-18,32H,5,9-16H2,1-4H3,(H,28,29);4-5,8,13,16,21-22,31H,6-7,9-12,14-15H2,1-3H3,(H,28,29). The van der Waals surface area contributed by atoms with Crippen LogP contribution in [-0.2, 0) is 57.6 Å². The summed E-state index contributed by atoms with van der Waals surface area (Å²) in [5, 5.41) is 47.1. The zero-order valence-corrected chi connectivity index (χ0v) is 84.9. The summed E-state index contributed by atoms with van der Waals surface area (Å²) in [5.74, 6) is 1.42.